The summed E-state index contributed by atoms with van der Waals surface area (Å²) in [6.45, 7) is 2.05. The van der Waals surface area contributed by atoms with Crippen LogP contribution >= 0.6 is 11.6 Å². The zero-order chi connectivity index (χ0) is 34.7. The number of halogens is 1. The normalized spacial score (nSPS) is 28.6. The third-order valence-electron chi connectivity index (χ3n) is 11.0. The molecule has 4 aliphatic rings. The van der Waals surface area contributed by atoms with E-state index in [9.17, 15) is 13.8 Å². The Morgan fingerprint density at radius 3 is 2.80 bits per heavy atom. The van der Waals surface area contributed by atoms with Crippen molar-refractivity contribution >= 4 is 38.7 Å². The average Bonchev–Trinajstić information content (AvgIpc) is 3.25. The number of aryl methyl sites for hydroxylation is 2. The van der Waals surface area contributed by atoms with Gasteiger partial charge in [0.2, 0.25) is 0 Å². The first kappa shape index (κ1) is 34.8. The standard InChI is InChI=1S/C39H45ClN4O5S/c1-48-35-8-3-2-4-20-50(47,24-31(45)12-16-37-41-18-6-19-42-37)43-38(46)28-10-15-36-34(22-28)44(23-29-9-13-32(29)35)25-39(26-49-36)17-5-7-27-21-30(40)11-14-33(27)39/h3,6,8,10-11,14-15,18-19,21-22,29,32,35H,2,4-5,7,9,12-13,16-17,20,23-26H2,1H3/b8-3+/t29-,32+,35-,39-,50+/m0/s1. The van der Waals surface area contributed by atoms with Crippen LogP contribution in [0.25, 0.3) is 0 Å². The summed E-state index contributed by atoms with van der Waals surface area (Å²) in [5.74, 6) is 1.10. The maximum Gasteiger partial charge on any atom is 0.285 e. The monoisotopic (exact) mass is 716 g/mol. The van der Waals surface area contributed by atoms with E-state index in [1.54, 1.807) is 31.6 Å². The van der Waals surface area contributed by atoms with E-state index in [4.69, 9.17) is 21.1 Å². The Bertz CT molecular complexity index is 1890. The van der Waals surface area contributed by atoms with Crippen molar-refractivity contribution in [1.29, 1.82) is 0 Å². The highest BCUT2D eigenvalue weighted by molar-refractivity contribution is 7.94. The second kappa shape index (κ2) is 14.9. The summed E-state index contributed by atoms with van der Waals surface area (Å²) in [5, 5.41) is 0.745. The lowest BCUT2D eigenvalue weighted by Crippen LogP contribution is -2.49. The first-order valence-electron chi connectivity index (χ1n) is 17.8. The van der Waals surface area contributed by atoms with Crippen LogP contribution < -0.4 is 9.64 Å². The Kier molecular flexibility index (Phi) is 10.4. The number of amides is 1. The molecule has 0 N–H and O–H groups in total. The van der Waals surface area contributed by atoms with Gasteiger partial charge in [-0.3, -0.25) is 9.59 Å². The van der Waals surface area contributed by atoms with Gasteiger partial charge in [-0.25, -0.2) is 14.2 Å². The second-order valence-electron chi connectivity index (χ2n) is 14.3. The molecule has 0 radical (unpaired) electrons. The summed E-state index contributed by atoms with van der Waals surface area (Å²) in [7, 11) is -1.41. The Morgan fingerprint density at radius 1 is 1.14 bits per heavy atom. The van der Waals surface area contributed by atoms with Gasteiger partial charge in [-0.2, -0.15) is 4.36 Å². The molecular weight excluding hydrogens is 672 g/mol. The van der Waals surface area contributed by atoms with Crippen molar-refractivity contribution in [2.45, 2.75) is 69.3 Å². The molecule has 0 saturated heterocycles. The summed E-state index contributed by atoms with van der Waals surface area (Å²) in [6, 6.07) is 13.4. The summed E-state index contributed by atoms with van der Waals surface area (Å²) < 4.78 is 31.3. The van der Waals surface area contributed by atoms with E-state index in [0.717, 1.165) is 61.7 Å². The van der Waals surface area contributed by atoms with Crippen molar-refractivity contribution in [3.05, 3.63) is 94.5 Å². The van der Waals surface area contributed by atoms with Gasteiger partial charge in [0.1, 0.15) is 17.4 Å². The molecule has 1 fully saturated rings. The number of carbonyl (C=O) groups is 2. The molecule has 0 unspecified atom stereocenters. The number of rotatable bonds is 6. The number of allylic oxidation sites excluding steroid dienone is 1. The van der Waals surface area contributed by atoms with Gasteiger partial charge in [0.05, 0.1) is 33.9 Å². The van der Waals surface area contributed by atoms with E-state index in [2.05, 4.69) is 43.5 Å². The lowest BCUT2D eigenvalue weighted by Gasteiger charge is -2.46. The molecule has 264 valence electrons. The average molecular weight is 717 g/mol. The van der Waals surface area contributed by atoms with Gasteiger partial charge in [0.15, 0.2) is 0 Å². The number of ketones is 1. The number of hydrogen-bond acceptors (Lipinski definition) is 8. The van der Waals surface area contributed by atoms with Crippen LogP contribution in [-0.4, -0.2) is 70.3 Å². The first-order valence-corrected chi connectivity index (χ1v) is 20.0. The molecule has 3 aromatic rings. The second-order valence-corrected chi connectivity index (χ2v) is 17.1. The SMILES string of the molecule is CO[C@H]1/C=C/CCC[S@@](=O)(CC(=O)CCc2ncccn2)=NC(=O)c2ccc3c(c2)N(C[C@@H]2CC[C@H]21)C[C@@]1(CCCc2cc(Cl)ccc21)CO3. The number of ether oxygens (including phenoxy) is 2. The molecule has 1 amide bonds. The minimum atomic E-state index is -3.18. The van der Waals surface area contributed by atoms with Gasteiger partial charge in [-0.15, -0.1) is 0 Å². The topological polar surface area (TPSA) is 111 Å². The van der Waals surface area contributed by atoms with E-state index < -0.39 is 15.6 Å². The summed E-state index contributed by atoms with van der Waals surface area (Å²) in [6.07, 6.45) is 14.3. The van der Waals surface area contributed by atoms with Gasteiger partial charge in [-0.05, 0) is 104 Å². The van der Waals surface area contributed by atoms with Crippen molar-refractivity contribution in [1.82, 2.24) is 9.97 Å². The highest BCUT2D eigenvalue weighted by Crippen LogP contribution is 2.47. The number of fused-ring (bicyclic) bond motifs is 4. The molecule has 5 atom stereocenters. The Labute approximate surface area is 300 Å². The lowest BCUT2D eigenvalue weighted by molar-refractivity contribution is -0.116. The summed E-state index contributed by atoms with van der Waals surface area (Å²) in [5.41, 5.74) is 3.50. The van der Waals surface area contributed by atoms with Crippen LogP contribution in [0.5, 0.6) is 5.75 Å². The van der Waals surface area contributed by atoms with Gasteiger partial charge >= 0.3 is 0 Å². The number of carbonyl (C=O) groups excluding carboxylic acids is 2. The van der Waals surface area contributed by atoms with E-state index in [-0.39, 0.29) is 35.2 Å². The number of benzene rings is 2. The zero-order valence-corrected chi connectivity index (χ0v) is 30.2. The molecule has 2 bridgehead atoms. The number of methoxy groups -OCH3 is 1. The van der Waals surface area contributed by atoms with Crippen LogP contribution in [0, 0.1) is 11.8 Å². The number of Topliss-reactive ketones (excluding diaryl/α,β-unsaturated/α-hetero) is 1. The van der Waals surface area contributed by atoms with Crippen LogP contribution in [0.15, 0.2) is 71.4 Å². The van der Waals surface area contributed by atoms with Crippen molar-refractivity contribution in [2.24, 2.45) is 16.2 Å². The van der Waals surface area contributed by atoms with Gasteiger partial charge in [-0.1, -0.05) is 29.8 Å². The number of aromatic nitrogens is 2. The Hall–Kier alpha value is -3.60. The van der Waals surface area contributed by atoms with Crippen LogP contribution in [0.1, 0.15) is 72.3 Å². The molecule has 50 heavy (non-hydrogen) atoms. The Balaban J connectivity index is 1.24. The minimum absolute atomic E-state index is 0.0281. The van der Waals surface area contributed by atoms with Crippen LogP contribution in [0.4, 0.5) is 5.69 Å². The highest BCUT2D eigenvalue weighted by atomic mass is 35.5. The Morgan fingerprint density at radius 2 is 2.00 bits per heavy atom. The lowest BCUT2D eigenvalue weighted by atomic mass is 9.68. The molecule has 2 aliphatic heterocycles. The van der Waals surface area contributed by atoms with Crippen LogP contribution in [0.2, 0.25) is 5.02 Å². The number of hydrogen-bond donors (Lipinski definition) is 0. The first-order chi connectivity index (χ1) is 24.2. The van der Waals surface area contributed by atoms with Crippen molar-refractivity contribution in [3.63, 3.8) is 0 Å². The maximum absolute atomic E-state index is 14.3. The third kappa shape index (κ3) is 7.53. The highest BCUT2D eigenvalue weighted by Gasteiger charge is 2.44. The molecule has 3 heterocycles. The molecule has 1 spiro atoms. The van der Waals surface area contributed by atoms with Gasteiger partial charge < -0.3 is 14.4 Å². The van der Waals surface area contributed by atoms with Crippen LogP contribution in [-0.2, 0) is 37.5 Å². The molecule has 11 heteroatoms. The molecule has 1 saturated carbocycles. The molecule has 2 aliphatic carbocycles. The number of anilines is 1. The largest absolute Gasteiger partial charge is 0.490 e. The molecule has 7 rings (SSSR count). The van der Waals surface area contributed by atoms with Gasteiger partial charge in [0.25, 0.3) is 5.91 Å². The minimum Gasteiger partial charge on any atom is -0.490 e. The van der Waals surface area contributed by atoms with Gasteiger partial charge in [0, 0.05) is 67.2 Å². The van der Waals surface area contributed by atoms with Crippen molar-refractivity contribution < 1.29 is 23.3 Å². The molecule has 2 aromatic carbocycles. The van der Waals surface area contributed by atoms with Crippen LogP contribution in [0.3, 0.4) is 0 Å². The fourth-order valence-electron chi connectivity index (χ4n) is 8.23. The fraction of sp³-hybridized carbons (Fsp3) is 0.487. The molecule has 1 aromatic heterocycles. The summed E-state index contributed by atoms with van der Waals surface area (Å²) >= 11 is 6.45. The molecule has 9 nitrogen and oxygen atoms in total. The van der Waals surface area contributed by atoms with Crippen molar-refractivity contribution in [3.8, 4) is 5.75 Å². The fourth-order valence-corrected chi connectivity index (χ4v) is 10.4. The van der Waals surface area contributed by atoms with Crippen molar-refractivity contribution in [2.75, 3.05) is 43.2 Å². The van der Waals surface area contributed by atoms with E-state index in [1.807, 2.05) is 18.2 Å². The molecular formula is C39H45ClN4O5S. The van der Waals surface area contributed by atoms with E-state index >= 15 is 0 Å². The smallest absolute Gasteiger partial charge is 0.285 e. The van der Waals surface area contributed by atoms with E-state index in [0.29, 0.717) is 49.1 Å². The number of nitrogens with zero attached hydrogens (tertiary/aromatic N) is 4. The van der Waals surface area contributed by atoms with E-state index in [1.165, 1.54) is 11.1 Å². The zero-order valence-electron chi connectivity index (χ0n) is 28.6. The predicted molar refractivity (Wildman–Crippen MR) is 196 cm³/mol. The predicted octanol–water partition coefficient (Wildman–Crippen LogP) is 6.80. The third-order valence-corrected chi connectivity index (χ3v) is 13.4. The maximum atomic E-state index is 14.3. The quantitative estimate of drug-likeness (QED) is 0.256. The summed E-state index contributed by atoms with van der Waals surface area (Å²) in [4.78, 5) is 37.8.